The van der Waals surface area contributed by atoms with Gasteiger partial charge in [0.05, 0.1) is 39.4 Å². The number of halogens is 13. The molecule has 0 atom stereocenters. The maximum atomic E-state index is 13.8. The Morgan fingerprint density at radius 3 is 1.61 bits per heavy atom. The predicted molar refractivity (Wildman–Crippen MR) is 102 cm³/mol. The summed E-state index contributed by atoms with van der Waals surface area (Å²) in [5.74, 6) is -41.1. The van der Waals surface area contributed by atoms with Crippen molar-refractivity contribution < 1.29 is 85.4 Å². The molecule has 0 saturated carbocycles. The number of aliphatic carboxylic acids is 1. The van der Waals surface area contributed by atoms with Crippen LogP contribution in [0.15, 0.2) is 0 Å². The number of hydrogen-bond acceptors (Lipinski definition) is 4. The molecule has 38 heavy (non-hydrogen) atoms. The Bertz CT molecular complexity index is 908. The summed E-state index contributed by atoms with van der Waals surface area (Å²) in [6, 6.07) is 0. The van der Waals surface area contributed by atoms with Crippen molar-refractivity contribution in [2.24, 2.45) is 0 Å². The number of sulfonamides is 1. The minimum atomic E-state index is -8.05. The van der Waals surface area contributed by atoms with Crippen LogP contribution in [0.2, 0.25) is 0 Å². The Morgan fingerprint density at radius 2 is 1.21 bits per heavy atom. The molecule has 0 bridgehead atoms. The van der Waals surface area contributed by atoms with E-state index in [0.717, 1.165) is 7.05 Å². The van der Waals surface area contributed by atoms with Gasteiger partial charge < -0.3 is 15.1 Å². The zero-order valence-corrected chi connectivity index (χ0v) is 20.6. The number of alkyl halides is 13. The van der Waals surface area contributed by atoms with Crippen LogP contribution in [0.3, 0.4) is 0 Å². The third-order valence-corrected chi connectivity index (χ3v) is 7.17. The zero-order chi connectivity index (χ0) is 30.1. The molecule has 0 aliphatic rings. The lowest BCUT2D eigenvalue weighted by atomic mass is 9.93. The molecule has 230 valence electrons. The average molecular weight is 616 g/mol. The molecule has 0 rings (SSSR count). The van der Waals surface area contributed by atoms with Crippen molar-refractivity contribution in [3.05, 3.63) is 0 Å². The Labute approximate surface area is 208 Å². The number of carboxylic acid groups (broad SMARTS) is 1. The van der Waals surface area contributed by atoms with E-state index in [2.05, 4.69) is 0 Å². The van der Waals surface area contributed by atoms with Crippen LogP contribution in [0.25, 0.3) is 0 Å². The first-order valence-electron chi connectivity index (χ1n) is 9.94. The summed E-state index contributed by atoms with van der Waals surface area (Å²) < 4.78 is 195. The maximum absolute atomic E-state index is 13.8. The Morgan fingerprint density at radius 1 is 0.789 bits per heavy atom. The minimum Gasteiger partial charge on any atom is -0.870 e. The van der Waals surface area contributed by atoms with E-state index in [1.807, 2.05) is 0 Å². The monoisotopic (exact) mass is 616 g/mol. The summed E-state index contributed by atoms with van der Waals surface area (Å²) in [4.78, 5) is 10.6. The molecule has 0 aliphatic carbocycles. The molecule has 0 amide bonds. The van der Waals surface area contributed by atoms with Gasteiger partial charge in [0, 0.05) is 26.4 Å². The van der Waals surface area contributed by atoms with Crippen LogP contribution in [0.4, 0.5) is 57.1 Å². The van der Waals surface area contributed by atoms with Crippen LogP contribution in [-0.4, -0.2) is 116 Å². The highest BCUT2D eigenvalue weighted by molar-refractivity contribution is 7.89. The third kappa shape index (κ3) is 7.96. The van der Waals surface area contributed by atoms with Gasteiger partial charge in [0.2, 0.25) is 10.0 Å². The van der Waals surface area contributed by atoms with Crippen LogP contribution < -0.4 is 0 Å². The van der Waals surface area contributed by atoms with Crippen molar-refractivity contribution in [1.29, 1.82) is 0 Å². The molecule has 0 aliphatic heterocycles. The molecular weight excluding hydrogens is 591 g/mol. The van der Waals surface area contributed by atoms with Crippen LogP contribution in [0, 0.1) is 0 Å². The number of carboxylic acids is 1. The van der Waals surface area contributed by atoms with Crippen molar-refractivity contribution in [2.75, 3.05) is 46.5 Å². The first-order valence-corrected chi connectivity index (χ1v) is 11.5. The van der Waals surface area contributed by atoms with Crippen molar-refractivity contribution in [3.8, 4) is 0 Å². The van der Waals surface area contributed by atoms with Gasteiger partial charge in [-0.3, -0.25) is 4.79 Å². The quantitative estimate of drug-likeness (QED) is 0.220. The van der Waals surface area contributed by atoms with Crippen molar-refractivity contribution in [3.63, 3.8) is 0 Å². The molecule has 0 aromatic carbocycles. The van der Waals surface area contributed by atoms with Crippen LogP contribution in [-0.2, 0) is 14.8 Å². The molecule has 0 radical (unpaired) electrons. The molecule has 0 saturated heterocycles. The smallest absolute Gasteiger partial charge is 0.460 e. The topological polar surface area (TPSA) is 105 Å². The number of nitrogens with zero attached hydrogens (tertiary/aromatic N) is 2. The van der Waals surface area contributed by atoms with E-state index < -0.39 is 70.5 Å². The lowest BCUT2D eigenvalue weighted by molar-refractivity contribution is -0.889. The summed E-state index contributed by atoms with van der Waals surface area (Å²) in [6.07, 6.45) is -10.7. The van der Waals surface area contributed by atoms with Gasteiger partial charge in [-0.1, -0.05) is 0 Å². The van der Waals surface area contributed by atoms with Crippen molar-refractivity contribution >= 4 is 16.0 Å². The van der Waals surface area contributed by atoms with Gasteiger partial charge in [0.1, 0.15) is 0 Å². The van der Waals surface area contributed by atoms with E-state index in [1.54, 1.807) is 14.1 Å². The summed E-state index contributed by atoms with van der Waals surface area (Å²) in [5, 5.41) is 8.66. The summed E-state index contributed by atoms with van der Waals surface area (Å²) >= 11 is 0. The van der Waals surface area contributed by atoms with Crippen LogP contribution >= 0.6 is 0 Å². The van der Waals surface area contributed by atoms with Gasteiger partial charge in [0.25, 0.3) is 0 Å². The van der Waals surface area contributed by atoms with Gasteiger partial charge in [-0.05, 0) is 0 Å². The number of quaternary nitrogens is 1. The van der Waals surface area contributed by atoms with E-state index in [1.165, 1.54) is 0 Å². The lowest BCUT2D eigenvalue weighted by Gasteiger charge is -2.39. The second-order valence-corrected chi connectivity index (χ2v) is 11.0. The molecule has 0 aromatic rings. The van der Waals surface area contributed by atoms with Crippen LogP contribution in [0.1, 0.15) is 19.3 Å². The van der Waals surface area contributed by atoms with Crippen molar-refractivity contribution in [2.45, 2.75) is 55.1 Å². The first-order chi connectivity index (χ1) is 16.0. The molecule has 0 spiro atoms. The Hall–Kier alpha value is -1.61. The minimum absolute atomic E-state index is 0. The Kier molecular flexibility index (Phi) is 12.0. The highest BCUT2D eigenvalue weighted by Crippen LogP contribution is 2.60. The molecule has 0 unspecified atom stereocenters. The van der Waals surface area contributed by atoms with Gasteiger partial charge in [0.15, 0.2) is 0 Å². The number of rotatable bonds is 15. The normalized spacial score (nSPS) is 15.0. The number of hydrogen-bond donors (Lipinski definition) is 1. The largest absolute Gasteiger partial charge is 0.870 e. The molecule has 2 N–H and O–H groups in total. The van der Waals surface area contributed by atoms with E-state index in [0.29, 0.717) is 4.31 Å². The second-order valence-electron chi connectivity index (χ2n) is 8.77. The Balaban J connectivity index is 0. The zero-order valence-electron chi connectivity index (χ0n) is 19.8. The first kappa shape index (κ1) is 38.5. The van der Waals surface area contributed by atoms with E-state index in [-0.39, 0.29) is 35.9 Å². The molecule has 0 aromatic heterocycles. The fourth-order valence-corrected chi connectivity index (χ4v) is 3.98. The molecule has 0 fully saturated rings. The standard InChI is InChI=1S/C17H23F13N2O4S.H2O/c1-31(7-4-8-32(2,3)9-5-11(33)34)37(35,36)10-6-12(18,19)13(20,21)14(22,23)15(24,25)16(26,27)17(28,29)30;/h4-10H2,1-3H3;1H2. The fraction of sp³-hybridized carbons (Fsp3) is 0.941. The summed E-state index contributed by atoms with van der Waals surface area (Å²) in [7, 11) is -1.12. The average Bonchev–Trinajstić information content (AvgIpc) is 2.69. The van der Waals surface area contributed by atoms with Crippen LogP contribution in [0.5, 0.6) is 0 Å². The summed E-state index contributed by atoms with van der Waals surface area (Å²) in [5.41, 5.74) is 0. The third-order valence-electron chi connectivity index (χ3n) is 5.31. The SMILES string of the molecule is CN(CCC[N+](C)(C)CCC(=O)O)S(=O)(=O)CCC(F)(F)C(F)(F)C(F)(F)C(F)(F)C(F)(F)C(F)(F)F.[OH-]. The fourth-order valence-electron chi connectivity index (χ4n) is 2.74. The van der Waals surface area contributed by atoms with Gasteiger partial charge in [-0.2, -0.15) is 57.1 Å². The molecular formula is C17H25F13N2O5S. The lowest BCUT2D eigenvalue weighted by Crippen LogP contribution is -2.70. The summed E-state index contributed by atoms with van der Waals surface area (Å²) in [6.45, 7) is -0.263. The molecule has 21 heteroatoms. The highest BCUT2D eigenvalue weighted by atomic mass is 32.2. The van der Waals surface area contributed by atoms with Gasteiger partial charge >= 0.3 is 41.8 Å². The maximum Gasteiger partial charge on any atom is 0.460 e. The van der Waals surface area contributed by atoms with Gasteiger partial charge in [-0.15, -0.1) is 0 Å². The predicted octanol–water partition coefficient (Wildman–Crippen LogP) is 4.14. The van der Waals surface area contributed by atoms with Gasteiger partial charge in [-0.25, -0.2) is 12.7 Å². The molecule has 7 nitrogen and oxygen atoms in total. The number of carbonyl (C=O) groups is 1. The van der Waals surface area contributed by atoms with E-state index in [9.17, 15) is 70.3 Å². The molecule has 0 heterocycles. The van der Waals surface area contributed by atoms with E-state index in [4.69, 9.17) is 5.11 Å². The highest BCUT2D eigenvalue weighted by Gasteiger charge is 2.90. The van der Waals surface area contributed by atoms with Crippen molar-refractivity contribution in [1.82, 2.24) is 4.31 Å². The second kappa shape index (κ2) is 11.9. The van der Waals surface area contributed by atoms with E-state index >= 15 is 0 Å².